The molecule has 2 aromatic rings. The van der Waals surface area contributed by atoms with E-state index in [1.54, 1.807) is 6.07 Å². The van der Waals surface area contributed by atoms with E-state index in [9.17, 15) is 8.42 Å². The predicted octanol–water partition coefficient (Wildman–Crippen LogP) is 2.42. The van der Waals surface area contributed by atoms with Crippen molar-refractivity contribution in [3.63, 3.8) is 0 Å². The van der Waals surface area contributed by atoms with Gasteiger partial charge in [0, 0.05) is 18.0 Å². The number of nitrogens with zero attached hydrogens (tertiary/aromatic N) is 2. The summed E-state index contributed by atoms with van der Waals surface area (Å²) in [6, 6.07) is 6.08. The summed E-state index contributed by atoms with van der Waals surface area (Å²) >= 11 is 0. The number of ether oxygens (including phenoxy) is 2. The van der Waals surface area contributed by atoms with Crippen LogP contribution in [0.1, 0.15) is 25.5 Å². The first kappa shape index (κ1) is 17.0. The van der Waals surface area contributed by atoms with E-state index in [-0.39, 0.29) is 16.8 Å². The molecular weight excluding hydrogens is 318 g/mol. The summed E-state index contributed by atoms with van der Waals surface area (Å²) in [5.74, 6) is 0.977. The Hall–Kier alpha value is -2.35. The van der Waals surface area contributed by atoms with Gasteiger partial charge in [-0.15, -0.1) is 0 Å². The van der Waals surface area contributed by atoms with Crippen molar-refractivity contribution in [1.29, 1.82) is 0 Å². The van der Waals surface area contributed by atoms with Crippen molar-refractivity contribution in [2.24, 2.45) is 0 Å². The van der Waals surface area contributed by atoms with Gasteiger partial charge in [-0.3, -0.25) is 0 Å². The van der Waals surface area contributed by atoms with Gasteiger partial charge in [-0.1, -0.05) is 13.8 Å². The summed E-state index contributed by atoms with van der Waals surface area (Å²) in [5.41, 5.74) is 0.755. The molecule has 0 atom stereocenters. The molecule has 0 aliphatic heterocycles. The Labute approximate surface area is 135 Å². The largest absolute Gasteiger partial charge is 0.493 e. The summed E-state index contributed by atoms with van der Waals surface area (Å²) in [5, 5.41) is 0. The smallest absolute Gasteiger partial charge is 0.264 e. The molecule has 0 aliphatic rings. The minimum absolute atomic E-state index is 0.0333. The second-order valence-electron chi connectivity index (χ2n) is 5.08. The Balaban J connectivity index is 2.34. The monoisotopic (exact) mass is 337 g/mol. The molecule has 1 aromatic carbocycles. The Bertz CT molecular complexity index is 791. The van der Waals surface area contributed by atoms with Gasteiger partial charge in [-0.2, -0.15) is 0 Å². The quantitative estimate of drug-likeness (QED) is 0.870. The summed E-state index contributed by atoms with van der Waals surface area (Å²) < 4.78 is 37.5. The average molecular weight is 337 g/mol. The van der Waals surface area contributed by atoms with E-state index in [1.807, 2.05) is 13.8 Å². The molecule has 0 aliphatic carbocycles. The first-order chi connectivity index (χ1) is 10.9. The minimum Gasteiger partial charge on any atom is -0.493 e. The maximum absolute atomic E-state index is 12.5. The SMILES string of the molecule is COc1ccc(S(=O)(=O)Nc2nccc(C(C)C)n2)cc1OC. The lowest BCUT2D eigenvalue weighted by Crippen LogP contribution is -2.15. The Morgan fingerprint density at radius 2 is 1.78 bits per heavy atom. The zero-order chi connectivity index (χ0) is 17.0. The number of sulfonamides is 1. The van der Waals surface area contributed by atoms with Crippen molar-refractivity contribution in [3.05, 3.63) is 36.2 Å². The summed E-state index contributed by atoms with van der Waals surface area (Å²) in [4.78, 5) is 8.19. The molecule has 1 heterocycles. The fraction of sp³-hybridized carbons (Fsp3) is 0.333. The van der Waals surface area contributed by atoms with Gasteiger partial charge in [0.25, 0.3) is 10.0 Å². The van der Waals surface area contributed by atoms with Crippen LogP contribution in [0.5, 0.6) is 11.5 Å². The number of benzene rings is 1. The van der Waals surface area contributed by atoms with Crippen molar-refractivity contribution >= 4 is 16.0 Å². The van der Waals surface area contributed by atoms with E-state index in [0.717, 1.165) is 5.69 Å². The van der Waals surface area contributed by atoms with Crippen LogP contribution in [-0.4, -0.2) is 32.6 Å². The molecule has 1 aromatic heterocycles. The lowest BCUT2D eigenvalue weighted by molar-refractivity contribution is 0.354. The number of nitrogens with one attached hydrogen (secondary N) is 1. The maximum atomic E-state index is 12.5. The number of methoxy groups -OCH3 is 2. The van der Waals surface area contributed by atoms with Gasteiger partial charge in [0.05, 0.1) is 19.1 Å². The summed E-state index contributed by atoms with van der Waals surface area (Å²) in [6.45, 7) is 3.93. The molecule has 0 saturated carbocycles. The van der Waals surface area contributed by atoms with E-state index in [2.05, 4.69) is 14.7 Å². The van der Waals surface area contributed by atoms with Crippen LogP contribution in [0.25, 0.3) is 0 Å². The van der Waals surface area contributed by atoms with Crippen molar-refractivity contribution in [1.82, 2.24) is 9.97 Å². The third kappa shape index (κ3) is 3.89. The Morgan fingerprint density at radius 3 is 2.39 bits per heavy atom. The number of hydrogen-bond donors (Lipinski definition) is 1. The fourth-order valence-corrected chi connectivity index (χ4v) is 2.87. The normalized spacial score (nSPS) is 11.3. The summed E-state index contributed by atoms with van der Waals surface area (Å²) in [7, 11) is -0.901. The molecule has 0 saturated heterocycles. The van der Waals surface area contributed by atoms with Crippen LogP contribution in [0.2, 0.25) is 0 Å². The van der Waals surface area contributed by atoms with Crippen LogP contribution in [0.3, 0.4) is 0 Å². The van der Waals surface area contributed by atoms with Gasteiger partial charge in [0.2, 0.25) is 5.95 Å². The number of aromatic nitrogens is 2. The van der Waals surface area contributed by atoms with E-state index >= 15 is 0 Å². The van der Waals surface area contributed by atoms with Crippen LogP contribution in [0.4, 0.5) is 5.95 Å². The number of hydrogen-bond acceptors (Lipinski definition) is 6. The van der Waals surface area contributed by atoms with E-state index in [4.69, 9.17) is 9.47 Å². The fourth-order valence-electron chi connectivity index (χ4n) is 1.91. The molecule has 8 heteroatoms. The molecule has 0 amide bonds. The molecule has 0 radical (unpaired) electrons. The van der Waals surface area contributed by atoms with Gasteiger partial charge in [0.1, 0.15) is 0 Å². The molecule has 0 bridgehead atoms. The molecule has 23 heavy (non-hydrogen) atoms. The molecular formula is C15H19N3O4S. The number of rotatable bonds is 6. The second-order valence-corrected chi connectivity index (χ2v) is 6.76. The lowest BCUT2D eigenvalue weighted by atomic mass is 10.1. The first-order valence-electron chi connectivity index (χ1n) is 6.95. The first-order valence-corrected chi connectivity index (χ1v) is 8.43. The van der Waals surface area contributed by atoms with Gasteiger partial charge >= 0.3 is 0 Å². The summed E-state index contributed by atoms with van der Waals surface area (Å²) in [6.07, 6.45) is 1.52. The van der Waals surface area contributed by atoms with Gasteiger partial charge < -0.3 is 9.47 Å². The highest BCUT2D eigenvalue weighted by atomic mass is 32.2. The van der Waals surface area contributed by atoms with Crippen molar-refractivity contribution in [2.45, 2.75) is 24.7 Å². The highest BCUT2D eigenvalue weighted by Gasteiger charge is 2.18. The van der Waals surface area contributed by atoms with Crippen LogP contribution < -0.4 is 14.2 Å². The Morgan fingerprint density at radius 1 is 1.09 bits per heavy atom. The second kappa shape index (κ2) is 6.82. The maximum Gasteiger partial charge on any atom is 0.264 e. The lowest BCUT2D eigenvalue weighted by Gasteiger charge is -2.11. The van der Waals surface area contributed by atoms with Gasteiger partial charge in [-0.25, -0.2) is 23.1 Å². The highest BCUT2D eigenvalue weighted by molar-refractivity contribution is 7.92. The molecule has 2 rings (SSSR count). The molecule has 7 nitrogen and oxygen atoms in total. The van der Waals surface area contributed by atoms with E-state index in [0.29, 0.717) is 11.5 Å². The molecule has 1 N–H and O–H groups in total. The molecule has 124 valence electrons. The van der Waals surface area contributed by atoms with Crippen molar-refractivity contribution < 1.29 is 17.9 Å². The van der Waals surface area contributed by atoms with E-state index < -0.39 is 10.0 Å². The van der Waals surface area contributed by atoms with Crippen LogP contribution in [0.15, 0.2) is 35.4 Å². The third-order valence-corrected chi connectivity index (χ3v) is 4.49. The predicted molar refractivity (Wildman–Crippen MR) is 86.5 cm³/mol. The highest BCUT2D eigenvalue weighted by Crippen LogP contribution is 2.29. The van der Waals surface area contributed by atoms with Crippen LogP contribution >= 0.6 is 0 Å². The zero-order valence-corrected chi connectivity index (χ0v) is 14.2. The molecule has 0 fully saturated rings. The van der Waals surface area contributed by atoms with E-state index in [1.165, 1.54) is 38.6 Å². The molecule has 0 unspecified atom stereocenters. The minimum atomic E-state index is -3.82. The van der Waals surface area contributed by atoms with Gasteiger partial charge in [-0.05, 0) is 24.1 Å². The standard InChI is InChI=1S/C15H19N3O4S/c1-10(2)12-7-8-16-15(17-12)18-23(19,20)11-5-6-13(21-3)14(9-11)22-4/h5-10H,1-4H3,(H,16,17,18). The topological polar surface area (TPSA) is 90.4 Å². The average Bonchev–Trinajstić information content (AvgIpc) is 2.53. The van der Waals surface area contributed by atoms with Crippen LogP contribution in [0, 0.1) is 0 Å². The van der Waals surface area contributed by atoms with Crippen molar-refractivity contribution in [2.75, 3.05) is 18.9 Å². The third-order valence-electron chi connectivity index (χ3n) is 3.16. The Kier molecular flexibility index (Phi) is 5.05. The zero-order valence-electron chi connectivity index (χ0n) is 13.4. The van der Waals surface area contributed by atoms with Crippen LogP contribution in [-0.2, 0) is 10.0 Å². The number of anilines is 1. The van der Waals surface area contributed by atoms with Crippen molar-refractivity contribution in [3.8, 4) is 11.5 Å². The van der Waals surface area contributed by atoms with Gasteiger partial charge in [0.15, 0.2) is 11.5 Å². The molecule has 0 spiro atoms.